The van der Waals surface area contributed by atoms with Crippen LogP contribution in [-0.2, 0) is 11.2 Å². The lowest BCUT2D eigenvalue weighted by Gasteiger charge is -2.01. The molecule has 3 nitrogen and oxygen atoms in total. The summed E-state index contributed by atoms with van der Waals surface area (Å²) in [6, 6.07) is 15.6. The minimum Gasteiger partial charge on any atom is -0.273 e. The number of aryl methyl sites for hydroxylation is 1. The topological polar surface area (TPSA) is 41.5 Å². The van der Waals surface area contributed by atoms with Crippen molar-refractivity contribution in [1.82, 2.24) is 5.43 Å². The number of hydrogen-bond donors (Lipinski definition) is 1. The molecule has 0 aliphatic carbocycles. The predicted molar refractivity (Wildman–Crippen MR) is 84.8 cm³/mol. The first-order valence-electron chi connectivity index (χ1n) is 6.26. The van der Waals surface area contributed by atoms with Crippen molar-refractivity contribution < 1.29 is 4.79 Å². The van der Waals surface area contributed by atoms with Gasteiger partial charge in [-0.3, -0.25) is 4.79 Å². The van der Waals surface area contributed by atoms with Gasteiger partial charge in [-0.05, 0) is 30.2 Å². The molecule has 0 fully saturated rings. The molecule has 0 spiro atoms. The molecule has 102 valence electrons. The SMILES string of the molecule is Cc1ccc(C=NNC(=O)Cc2ccc(Br)cc2)cc1. The van der Waals surface area contributed by atoms with Gasteiger partial charge < -0.3 is 0 Å². The highest BCUT2D eigenvalue weighted by Gasteiger charge is 2.01. The van der Waals surface area contributed by atoms with Crippen LogP contribution in [0.3, 0.4) is 0 Å². The second-order valence-corrected chi connectivity index (χ2v) is 5.42. The van der Waals surface area contributed by atoms with E-state index >= 15 is 0 Å². The average Bonchev–Trinajstić information content (AvgIpc) is 2.44. The summed E-state index contributed by atoms with van der Waals surface area (Å²) in [5.74, 6) is -0.129. The monoisotopic (exact) mass is 330 g/mol. The number of nitrogens with zero attached hydrogens (tertiary/aromatic N) is 1. The summed E-state index contributed by atoms with van der Waals surface area (Å²) in [5.41, 5.74) is 5.64. The van der Waals surface area contributed by atoms with Gasteiger partial charge in [0.2, 0.25) is 5.91 Å². The maximum absolute atomic E-state index is 11.7. The molecule has 0 heterocycles. The Bertz CT molecular complexity index is 603. The quantitative estimate of drug-likeness (QED) is 0.677. The fourth-order valence-corrected chi connectivity index (χ4v) is 1.92. The summed E-state index contributed by atoms with van der Waals surface area (Å²) < 4.78 is 0.999. The highest BCUT2D eigenvalue weighted by Crippen LogP contribution is 2.10. The van der Waals surface area contributed by atoms with Crippen molar-refractivity contribution >= 4 is 28.1 Å². The van der Waals surface area contributed by atoms with Crippen LogP contribution in [0.2, 0.25) is 0 Å². The van der Waals surface area contributed by atoms with Crippen molar-refractivity contribution in [3.05, 3.63) is 69.7 Å². The van der Waals surface area contributed by atoms with E-state index in [0.29, 0.717) is 6.42 Å². The highest BCUT2D eigenvalue weighted by atomic mass is 79.9. The molecule has 0 aromatic heterocycles. The molecule has 0 atom stereocenters. The second kappa shape index (κ2) is 7.01. The molecule has 0 aliphatic rings. The number of carbonyl (C=O) groups is 1. The fourth-order valence-electron chi connectivity index (χ4n) is 1.66. The largest absolute Gasteiger partial charge is 0.273 e. The van der Waals surface area contributed by atoms with Crippen molar-refractivity contribution in [3.63, 3.8) is 0 Å². The maximum atomic E-state index is 11.7. The smallest absolute Gasteiger partial charge is 0.244 e. The number of nitrogens with one attached hydrogen (secondary N) is 1. The lowest BCUT2D eigenvalue weighted by atomic mass is 10.1. The first kappa shape index (κ1) is 14.5. The molecule has 20 heavy (non-hydrogen) atoms. The van der Waals surface area contributed by atoms with Gasteiger partial charge in [0.05, 0.1) is 12.6 Å². The summed E-state index contributed by atoms with van der Waals surface area (Å²) >= 11 is 3.36. The molecule has 0 aliphatic heterocycles. The van der Waals surface area contributed by atoms with Gasteiger partial charge in [-0.15, -0.1) is 0 Å². The molecule has 0 unspecified atom stereocenters. The summed E-state index contributed by atoms with van der Waals surface area (Å²) in [5, 5.41) is 3.95. The van der Waals surface area contributed by atoms with Crippen molar-refractivity contribution in [2.24, 2.45) is 5.10 Å². The van der Waals surface area contributed by atoms with Gasteiger partial charge in [0.25, 0.3) is 0 Å². The summed E-state index contributed by atoms with van der Waals surface area (Å²) in [4.78, 5) is 11.7. The van der Waals surface area contributed by atoms with Crippen LogP contribution in [0.4, 0.5) is 0 Å². The molecule has 0 radical (unpaired) electrons. The van der Waals surface area contributed by atoms with Gasteiger partial charge in [0.15, 0.2) is 0 Å². The Kier molecular flexibility index (Phi) is 5.07. The van der Waals surface area contributed by atoms with Crippen molar-refractivity contribution in [2.75, 3.05) is 0 Å². The molecule has 0 bridgehead atoms. The van der Waals surface area contributed by atoms with Crippen LogP contribution in [0.5, 0.6) is 0 Å². The third-order valence-electron chi connectivity index (χ3n) is 2.76. The van der Waals surface area contributed by atoms with Crippen LogP contribution in [0.1, 0.15) is 16.7 Å². The minimum atomic E-state index is -0.129. The number of halogens is 1. The molecule has 1 amide bonds. The van der Waals surface area contributed by atoms with E-state index in [-0.39, 0.29) is 5.91 Å². The van der Waals surface area contributed by atoms with Gasteiger partial charge >= 0.3 is 0 Å². The van der Waals surface area contributed by atoms with E-state index in [9.17, 15) is 4.79 Å². The third-order valence-corrected chi connectivity index (χ3v) is 3.29. The summed E-state index contributed by atoms with van der Waals surface area (Å²) in [6.07, 6.45) is 1.96. The van der Waals surface area contributed by atoms with Crippen molar-refractivity contribution in [1.29, 1.82) is 0 Å². The van der Waals surface area contributed by atoms with E-state index in [2.05, 4.69) is 26.5 Å². The number of carbonyl (C=O) groups excluding carboxylic acids is 1. The maximum Gasteiger partial charge on any atom is 0.244 e. The third kappa shape index (κ3) is 4.63. The predicted octanol–water partition coefficient (Wildman–Crippen LogP) is 3.45. The number of benzene rings is 2. The zero-order chi connectivity index (χ0) is 14.4. The molecule has 1 N–H and O–H groups in total. The normalized spacial score (nSPS) is 10.7. The molecule has 4 heteroatoms. The van der Waals surface area contributed by atoms with Crippen LogP contribution >= 0.6 is 15.9 Å². The average molecular weight is 331 g/mol. The molecule has 0 saturated heterocycles. The van der Waals surface area contributed by atoms with Gasteiger partial charge in [-0.2, -0.15) is 5.10 Å². The Morgan fingerprint density at radius 1 is 1.15 bits per heavy atom. The van der Waals surface area contributed by atoms with E-state index in [1.807, 2.05) is 55.5 Å². The fraction of sp³-hybridized carbons (Fsp3) is 0.125. The van der Waals surface area contributed by atoms with E-state index < -0.39 is 0 Å². The van der Waals surface area contributed by atoms with E-state index in [4.69, 9.17) is 0 Å². The van der Waals surface area contributed by atoms with Gasteiger partial charge in [-0.1, -0.05) is 57.9 Å². The van der Waals surface area contributed by atoms with E-state index in [1.165, 1.54) is 5.56 Å². The van der Waals surface area contributed by atoms with E-state index in [0.717, 1.165) is 15.6 Å². The Hall–Kier alpha value is -1.94. The molecule has 2 aromatic carbocycles. The minimum absolute atomic E-state index is 0.129. The number of amides is 1. The van der Waals surface area contributed by atoms with Gasteiger partial charge in [0, 0.05) is 4.47 Å². The summed E-state index contributed by atoms with van der Waals surface area (Å²) in [6.45, 7) is 2.03. The van der Waals surface area contributed by atoms with Crippen molar-refractivity contribution in [3.8, 4) is 0 Å². The summed E-state index contributed by atoms with van der Waals surface area (Å²) in [7, 11) is 0. The first-order chi connectivity index (χ1) is 9.63. The lowest BCUT2D eigenvalue weighted by Crippen LogP contribution is -2.19. The van der Waals surface area contributed by atoms with Gasteiger partial charge in [0.1, 0.15) is 0 Å². The second-order valence-electron chi connectivity index (χ2n) is 4.51. The Balaban J connectivity index is 1.85. The Morgan fingerprint density at radius 3 is 2.45 bits per heavy atom. The van der Waals surface area contributed by atoms with E-state index in [1.54, 1.807) is 6.21 Å². The molecule has 0 saturated carbocycles. The number of hydrogen-bond acceptors (Lipinski definition) is 2. The van der Waals surface area contributed by atoms with Crippen LogP contribution in [0, 0.1) is 6.92 Å². The number of hydrazone groups is 1. The van der Waals surface area contributed by atoms with Gasteiger partial charge in [-0.25, -0.2) is 5.43 Å². The van der Waals surface area contributed by atoms with Crippen molar-refractivity contribution in [2.45, 2.75) is 13.3 Å². The van der Waals surface area contributed by atoms with Crippen LogP contribution in [0.25, 0.3) is 0 Å². The highest BCUT2D eigenvalue weighted by molar-refractivity contribution is 9.10. The Labute approximate surface area is 126 Å². The zero-order valence-electron chi connectivity index (χ0n) is 11.1. The lowest BCUT2D eigenvalue weighted by molar-refractivity contribution is -0.120. The molecular formula is C16H15BrN2O. The van der Waals surface area contributed by atoms with Crippen LogP contribution < -0.4 is 5.43 Å². The Morgan fingerprint density at radius 2 is 1.80 bits per heavy atom. The zero-order valence-corrected chi connectivity index (χ0v) is 12.7. The van der Waals surface area contributed by atoms with Crippen LogP contribution in [0.15, 0.2) is 58.1 Å². The molecular weight excluding hydrogens is 316 g/mol. The molecule has 2 rings (SSSR count). The number of rotatable bonds is 4. The first-order valence-corrected chi connectivity index (χ1v) is 7.06. The molecule has 2 aromatic rings. The standard InChI is InChI=1S/C16H15BrN2O/c1-12-2-4-14(5-3-12)11-18-19-16(20)10-13-6-8-15(17)9-7-13/h2-9,11H,10H2,1H3,(H,19,20). The van der Waals surface area contributed by atoms with Crippen LogP contribution in [-0.4, -0.2) is 12.1 Å².